The van der Waals surface area contributed by atoms with Crippen LogP contribution in [0.3, 0.4) is 0 Å². The second-order valence-electron chi connectivity index (χ2n) is 4.45. The first kappa shape index (κ1) is 14.5. The number of aliphatic hydroxyl groups excluding tert-OH is 1. The number of nitrogens with zero attached hydrogens (tertiary/aromatic N) is 2. The molecular weight excluding hydrogens is 231 g/mol. The molecule has 1 aromatic rings. The molecule has 0 aliphatic carbocycles. The van der Waals surface area contributed by atoms with Crippen molar-refractivity contribution >= 4 is 5.69 Å². The zero-order valence-electron chi connectivity index (χ0n) is 11.0. The van der Waals surface area contributed by atoms with Crippen LogP contribution in [-0.4, -0.2) is 18.2 Å². The van der Waals surface area contributed by atoms with Crippen molar-refractivity contribution in [2.45, 2.75) is 26.9 Å². The summed E-state index contributed by atoms with van der Waals surface area (Å²) in [6.45, 7) is 6.70. The third-order valence-corrected chi connectivity index (χ3v) is 2.88. The maximum Gasteiger partial charge on any atom is 0.123 e. The molecule has 0 saturated carbocycles. The molecule has 0 aliphatic heterocycles. The third-order valence-electron chi connectivity index (χ3n) is 2.88. The van der Waals surface area contributed by atoms with Gasteiger partial charge in [-0.1, -0.05) is 0 Å². The molecule has 1 N–H and O–H groups in total. The zero-order chi connectivity index (χ0) is 13.7. The molecule has 0 fully saturated rings. The number of nitriles is 1. The minimum atomic E-state index is -0.734. The van der Waals surface area contributed by atoms with Crippen molar-refractivity contribution < 1.29 is 9.50 Å². The van der Waals surface area contributed by atoms with E-state index in [9.17, 15) is 9.50 Å². The molecule has 0 bridgehead atoms. The van der Waals surface area contributed by atoms with Crippen molar-refractivity contribution in [3.05, 3.63) is 29.6 Å². The van der Waals surface area contributed by atoms with Gasteiger partial charge in [0.2, 0.25) is 0 Å². The first-order valence-electron chi connectivity index (χ1n) is 6.11. The van der Waals surface area contributed by atoms with Crippen molar-refractivity contribution in [2.24, 2.45) is 5.92 Å². The van der Waals surface area contributed by atoms with Crippen molar-refractivity contribution in [2.75, 3.05) is 18.0 Å². The van der Waals surface area contributed by atoms with E-state index in [-0.39, 0.29) is 11.7 Å². The van der Waals surface area contributed by atoms with Gasteiger partial charge in [0.15, 0.2) is 0 Å². The Labute approximate surface area is 107 Å². The Hall–Kier alpha value is -1.60. The normalized spacial score (nSPS) is 13.8. The maximum absolute atomic E-state index is 13.2. The van der Waals surface area contributed by atoms with E-state index in [2.05, 4.69) is 6.07 Å². The van der Waals surface area contributed by atoms with Gasteiger partial charge in [-0.2, -0.15) is 5.26 Å². The van der Waals surface area contributed by atoms with E-state index in [1.165, 1.54) is 12.1 Å². The first-order chi connectivity index (χ1) is 8.49. The van der Waals surface area contributed by atoms with E-state index in [0.29, 0.717) is 18.7 Å². The second kappa shape index (κ2) is 6.36. The maximum atomic E-state index is 13.2. The Balaban J connectivity index is 3.09. The van der Waals surface area contributed by atoms with E-state index in [4.69, 9.17) is 5.26 Å². The highest BCUT2D eigenvalue weighted by atomic mass is 19.1. The van der Waals surface area contributed by atoms with Crippen LogP contribution in [0, 0.1) is 23.1 Å². The molecule has 18 heavy (non-hydrogen) atoms. The lowest BCUT2D eigenvalue weighted by Crippen LogP contribution is -2.29. The largest absolute Gasteiger partial charge is 0.389 e. The van der Waals surface area contributed by atoms with Crippen LogP contribution in [-0.2, 0) is 0 Å². The number of hydrogen-bond acceptors (Lipinski definition) is 3. The Morgan fingerprint density at radius 3 is 2.61 bits per heavy atom. The number of rotatable bonds is 5. The minimum absolute atomic E-state index is 0.114. The summed E-state index contributed by atoms with van der Waals surface area (Å²) in [7, 11) is 0. The van der Waals surface area contributed by atoms with Crippen LogP contribution in [0.5, 0.6) is 0 Å². The van der Waals surface area contributed by atoms with Gasteiger partial charge in [0.25, 0.3) is 0 Å². The highest BCUT2D eigenvalue weighted by Gasteiger charge is 2.16. The molecule has 2 atom stereocenters. The lowest BCUT2D eigenvalue weighted by atomic mass is 10.1. The van der Waals surface area contributed by atoms with Gasteiger partial charge < -0.3 is 10.0 Å². The molecule has 0 heterocycles. The van der Waals surface area contributed by atoms with Gasteiger partial charge in [0.05, 0.1) is 18.1 Å². The fraction of sp³-hybridized carbons (Fsp3) is 0.500. The topological polar surface area (TPSA) is 47.3 Å². The number of anilines is 1. The molecule has 0 radical (unpaired) electrons. The van der Waals surface area contributed by atoms with Gasteiger partial charge in [-0.05, 0) is 39.0 Å². The van der Waals surface area contributed by atoms with Gasteiger partial charge in [-0.3, -0.25) is 0 Å². The molecular formula is C14H19FN2O. The van der Waals surface area contributed by atoms with E-state index in [1.807, 2.05) is 18.7 Å². The summed E-state index contributed by atoms with van der Waals surface area (Å²) in [6, 6.07) is 6.56. The third kappa shape index (κ3) is 3.44. The molecule has 3 nitrogen and oxygen atoms in total. The van der Waals surface area contributed by atoms with E-state index < -0.39 is 6.10 Å². The predicted octanol–water partition coefficient (Wildman–Crippen LogP) is 2.86. The van der Waals surface area contributed by atoms with Gasteiger partial charge in [0.1, 0.15) is 5.82 Å². The van der Waals surface area contributed by atoms with Crippen molar-refractivity contribution in [3.8, 4) is 6.07 Å². The monoisotopic (exact) mass is 250 g/mol. The minimum Gasteiger partial charge on any atom is -0.389 e. The summed E-state index contributed by atoms with van der Waals surface area (Å²) < 4.78 is 13.2. The molecule has 1 unspecified atom stereocenters. The summed E-state index contributed by atoms with van der Waals surface area (Å²) in [4.78, 5) is 1.98. The fourth-order valence-corrected chi connectivity index (χ4v) is 1.92. The highest BCUT2D eigenvalue weighted by Crippen LogP contribution is 2.27. The Bertz CT molecular complexity index is 440. The average Bonchev–Trinajstić information content (AvgIpc) is 2.35. The number of aliphatic hydroxyl groups is 1. The van der Waals surface area contributed by atoms with Gasteiger partial charge in [0, 0.05) is 24.3 Å². The molecule has 98 valence electrons. The molecule has 0 spiro atoms. The van der Waals surface area contributed by atoms with Crippen LogP contribution in [0.1, 0.15) is 32.4 Å². The lowest BCUT2D eigenvalue weighted by Gasteiger charge is -2.27. The van der Waals surface area contributed by atoms with Crippen LogP contribution in [0.4, 0.5) is 10.1 Å². The quantitative estimate of drug-likeness (QED) is 0.874. The van der Waals surface area contributed by atoms with Gasteiger partial charge in [-0.15, -0.1) is 0 Å². The molecule has 1 aromatic carbocycles. The number of hydrogen-bond donors (Lipinski definition) is 1. The Morgan fingerprint density at radius 2 is 2.11 bits per heavy atom. The van der Waals surface area contributed by atoms with Crippen LogP contribution in [0.2, 0.25) is 0 Å². The molecule has 0 saturated heterocycles. The summed E-state index contributed by atoms with van der Waals surface area (Å²) in [5, 5.41) is 18.6. The van der Waals surface area contributed by atoms with Crippen LogP contribution >= 0.6 is 0 Å². The van der Waals surface area contributed by atoms with Crippen LogP contribution < -0.4 is 4.90 Å². The summed E-state index contributed by atoms with van der Waals surface area (Å²) in [5.74, 6) is -0.476. The Morgan fingerprint density at radius 1 is 1.44 bits per heavy atom. The second-order valence-corrected chi connectivity index (χ2v) is 4.45. The molecule has 0 aromatic heterocycles. The van der Waals surface area contributed by atoms with Crippen LogP contribution in [0.15, 0.2) is 18.2 Å². The van der Waals surface area contributed by atoms with E-state index >= 15 is 0 Å². The molecule has 0 amide bonds. The summed E-state index contributed by atoms with van der Waals surface area (Å²) in [6.07, 6.45) is -0.734. The van der Waals surface area contributed by atoms with Gasteiger partial charge >= 0.3 is 0 Å². The molecule has 1 rings (SSSR count). The van der Waals surface area contributed by atoms with Gasteiger partial charge in [-0.25, -0.2) is 4.39 Å². The van der Waals surface area contributed by atoms with Crippen LogP contribution in [0.25, 0.3) is 0 Å². The van der Waals surface area contributed by atoms with E-state index in [1.54, 1.807) is 13.0 Å². The molecule has 4 heteroatoms. The molecule has 0 aliphatic rings. The first-order valence-corrected chi connectivity index (χ1v) is 6.11. The average molecular weight is 250 g/mol. The SMILES string of the molecule is CCN(CC(C)C#N)c1ccc(F)cc1[C@H](C)O. The van der Waals surface area contributed by atoms with Crippen molar-refractivity contribution in [1.29, 1.82) is 5.26 Å². The standard InChI is InChI=1S/C14H19FN2O/c1-4-17(9-10(2)8-16)14-6-5-12(15)7-13(14)11(3)18/h5-7,10-11,18H,4,9H2,1-3H3/t10?,11-/m0/s1. The smallest absolute Gasteiger partial charge is 0.123 e. The Kier molecular flexibility index (Phi) is 5.11. The zero-order valence-corrected chi connectivity index (χ0v) is 11.0. The number of halogens is 1. The predicted molar refractivity (Wildman–Crippen MR) is 69.7 cm³/mol. The summed E-state index contributed by atoms with van der Waals surface area (Å²) in [5.41, 5.74) is 1.35. The lowest BCUT2D eigenvalue weighted by molar-refractivity contribution is 0.199. The van der Waals surface area contributed by atoms with Crippen molar-refractivity contribution in [3.63, 3.8) is 0 Å². The number of benzene rings is 1. The highest BCUT2D eigenvalue weighted by molar-refractivity contribution is 5.54. The fourth-order valence-electron chi connectivity index (χ4n) is 1.92. The van der Waals surface area contributed by atoms with Crippen molar-refractivity contribution in [1.82, 2.24) is 0 Å². The summed E-state index contributed by atoms with van der Waals surface area (Å²) >= 11 is 0. The van der Waals surface area contributed by atoms with E-state index in [0.717, 1.165) is 5.69 Å².